The highest BCUT2D eigenvalue weighted by Crippen LogP contribution is 2.30. The number of rotatable bonds is 7. The molecule has 3 rings (SSSR count). The first kappa shape index (κ1) is 19.1. The quantitative estimate of drug-likeness (QED) is 0.755. The molecule has 0 spiro atoms. The molecule has 0 bridgehead atoms. The summed E-state index contributed by atoms with van der Waals surface area (Å²) in [5.74, 6) is 0.372. The van der Waals surface area contributed by atoms with E-state index in [1.165, 1.54) is 17.4 Å². The molecule has 1 aromatic carbocycles. The van der Waals surface area contributed by atoms with Crippen LogP contribution in [0.4, 0.5) is 5.13 Å². The standard InChI is InChI=1S/C17H20ClN3O3S2/c1-11-14(18)4-3-5-15(11)26(23,24)20-17-19-13(10-25-17)8-9-21(2)16(22)12-6-7-12/h3-5,10,12H,6-9H2,1-2H3,(H,19,20). The number of benzene rings is 1. The molecule has 1 N–H and O–H groups in total. The van der Waals surface area contributed by atoms with Crippen molar-refractivity contribution in [1.82, 2.24) is 9.88 Å². The van der Waals surface area contributed by atoms with Crippen LogP contribution < -0.4 is 4.72 Å². The molecule has 0 aliphatic heterocycles. The van der Waals surface area contributed by atoms with E-state index in [2.05, 4.69) is 9.71 Å². The zero-order valence-corrected chi connectivity index (χ0v) is 16.9. The second kappa shape index (κ2) is 7.54. The molecular weight excluding hydrogens is 394 g/mol. The van der Waals surface area contributed by atoms with Gasteiger partial charge in [0.15, 0.2) is 5.13 Å². The van der Waals surface area contributed by atoms with Crippen LogP contribution in [0.15, 0.2) is 28.5 Å². The van der Waals surface area contributed by atoms with Crippen molar-refractivity contribution in [2.24, 2.45) is 5.92 Å². The number of nitrogens with one attached hydrogen (secondary N) is 1. The molecule has 6 nitrogen and oxygen atoms in total. The molecule has 1 aromatic heterocycles. The van der Waals surface area contributed by atoms with Crippen molar-refractivity contribution < 1.29 is 13.2 Å². The van der Waals surface area contributed by atoms with E-state index in [1.54, 1.807) is 36.4 Å². The summed E-state index contributed by atoms with van der Waals surface area (Å²) >= 11 is 7.23. The van der Waals surface area contributed by atoms with Gasteiger partial charge < -0.3 is 4.90 Å². The van der Waals surface area contributed by atoms with Gasteiger partial charge in [0.1, 0.15) is 0 Å². The number of amides is 1. The third-order valence-corrected chi connectivity index (χ3v) is 7.12. The van der Waals surface area contributed by atoms with Crippen LogP contribution >= 0.6 is 22.9 Å². The Kier molecular flexibility index (Phi) is 5.55. The first-order valence-electron chi connectivity index (χ1n) is 8.25. The summed E-state index contributed by atoms with van der Waals surface area (Å²) in [4.78, 5) is 18.1. The molecule has 9 heteroatoms. The number of carbonyl (C=O) groups is 1. The van der Waals surface area contributed by atoms with E-state index in [4.69, 9.17) is 11.6 Å². The third-order valence-electron chi connectivity index (χ3n) is 4.29. The van der Waals surface area contributed by atoms with Crippen LogP contribution in [0, 0.1) is 12.8 Å². The van der Waals surface area contributed by atoms with Crippen LogP contribution in [0.5, 0.6) is 0 Å². The van der Waals surface area contributed by atoms with Gasteiger partial charge in [-0.1, -0.05) is 17.7 Å². The summed E-state index contributed by atoms with van der Waals surface area (Å²) in [7, 11) is -1.96. The van der Waals surface area contributed by atoms with E-state index in [-0.39, 0.29) is 16.7 Å². The van der Waals surface area contributed by atoms with Crippen LogP contribution in [0.25, 0.3) is 0 Å². The fourth-order valence-corrected chi connectivity index (χ4v) is 5.05. The summed E-state index contributed by atoms with van der Waals surface area (Å²) < 4.78 is 27.6. The highest BCUT2D eigenvalue weighted by atomic mass is 35.5. The van der Waals surface area contributed by atoms with E-state index in [0.29, 0.717) is 28.7 Å². The lowest BCUT2D eigenvalue weighted by atomic mass is 10.2. The molecule has 0 radical (unpaired) electrons. The smallest absolute Gasteiger partial charge is 0.263 e. The number of nitrogens with zero attached hydrogens (tertiary/aromatic N) is 2. The largest absolute Gasteiger partial charge is 0.345 e. The third kappa shape index (κ3) is 4.36. The number of anilines is 1. The normalized spacial score (nSPS) is 14.3. The number of thiazole rings is 1. The fourth-order valence-electron chi connectivity index (χ4n) is 2.55. The Morgan fingerprint density at radius 3 is 2.85 bits per heavy atom. The Bertz CT molecular complexity index is 923. The fraction of sp³-hybridized carbons (Fsp3) is 0.412. The molecule has 0 unspecified atom stereocenters. The van der Waals surface area contributed by atoms with E-state index in [9.17, 15) is 13.2 Å². The Morgan fingerprint density at radius 1 is 1.42 bits per heavy atom. The van der Waals surface area contributed by atoms with E-state index < -0.39 is 10.0 Å². The molecule has 0 atom stereocenters. The van der Waals surface area contributed by atoms with Crippen molar-refractivity contribution in [3.63, 3.8) is 0 Å². The number of carbonyl (C=O) groups excluding carboxylic acids is 1. The lowest BCUT2D eigenvalue weighted by molar-refractivity contribution is -0.131. The monoisotopic (exact) mass is 413 g/mol. The van der Waals surface area contributed by atoms with Gasteiger partial charge in [0, 0.05) is 36.3 Å². The van der Waals surface area contributed by atoms with Gasteiger partial charge in [0.05, 0.1) is 10.6 Å². The summed E-state index contributed by atoms with van der Waals surface area (Å²) in [5.41, 5.74) is 1.25. The minimum absolute atomic E-state index is 0.136. The summed E-state index contributed by atoms with van der Waals surface area (Å²) in [6.07, 6.45) is 2.55. The van der Waals surface area contributed by atoms with Crippen LogP contribution in [0.1, 0.15) is 24.1 Å². The predicted molar refractivity (Wildman–Crippen MR) is 103 cm³/mol. The summed E-state index contributed by atoms with van der Waals surface area (Å²) in [6.45, 7) is 2.23. The van der Waals surface area contributed by atoms with Gasteiger partial charge in [0.2, 0.25) is 5.91 Å². The average molecular weight is 414 g/mol. The van der Waals surface area contributed by atoms with Gasteiger partial charge in [0.25, 0.3) is 10.0 Å². The maximum atomic E-state index is 12.6. The van der Waals surface area contributed by atoms with Crippen molar-refractivity contribution in [3.05, 3.63) is 39.9 Å². The zero-order valence-electron chi connectivity index (χ0n) is 14.5. The highest BCUT2D eigenvalue weighted by molar-refractivity contribution is 7.93. The SMILES string of the molecule is Cc1c(Cl)cccc1S(=O)(=O)Nc1nc(CCN(C)C(=O)C2CC2)cs1. The molecule has 1 fully saturated rings. The van der Waals surface area contributed by atoms with Crippen molar-refractivity contribution >= 4 is 44.0 Å². The number of hydrogen-bond donors (Lipinski definition) is 1. The molecule has 0 saturated heterocycles. The van der Waals surface area contributed by atoms with Crippen LogP contribution in [-0.4, -0.2) is 37.8 Å². The maximum Gasteiger partial charge on any atom is 0.263 e. The van der Waals surface area contributed by atoms with Gasteiger partial charge in [-0.05, 0) is 37.5 Å². The van der Waals surface area contributed by atoms with Crippen LogP contribution in [0.2, 0.25) is 5.02 Å². The molecule has 26 heavy (non-hydrogen) atoms. The number of halogens is 1. The minimum Gasteiger partial charge on any atom is -0.345 e. The van der Waals surface area contributed by atoms with Crippen LogP contribution in [-0.2, 0) is 21.2 Å². The van der Waals surface area contributed by atoms with Gasteiger partial charge in [-0.25, -0.2) is 13.4 Å². The predicted octanol–water partition coefficient (Wildman–Crippen LogP) is 3.32. The molecule has 2 aromatic rings. The molecular formula is C17H20ClN3O3S2. The Hall–Kier alpha value is -1.64. The maximum absolute atomic E-state index is 12.6. The van der Waals surface area contributed by atoms with Crippen molar-refractivity contribution in [2.45, 2.75) is 31.1 Å². The number of aromatic nitrogens is 1. The van der Waals surface area contributed by atoms with Gasteiger partial charge >= 0.3 is 0 Å². The molecule has 1 saturated carbocycles. The Morgan fingerprint density at radius 2 is 2.15 bits per heavy atom. The lowest BCUT2D eigenvalue weighted by Crippen LogP contribution is -2.30. The number of likely N-dealkylation sites (N-methyl/N-ethyl adjacent to an activating group) is 1. The first-order valence-corrected chi connectivity index (χ1v) is 11.0. The second-order valence-corrected chi connectivity index (χ2v) is 9.31. The second-order valence-electron chi connectivity index (χ2n) is 6.40. The summed E-state index contributed by atoms with van der Waals surface area (Å²) in [5, 5.41) is 2.50. The number of hydrogen-bond acceptors (Lipinski definition) is 5. The Labute approximate surface area is 162 Å². The topological polar surface area (TPSA) is 79.4 Å². The summed E-state index contributed by atoms with van der Waals surface area (Å²) in [6, 6.07) is 4.76. The lowest BCUT2D eigenvalue weighted by Gasteiger charge is -2.15. The van der Waals surface area contributed by atoms with E-state index >= 15 is 0 Å². The zero-order chi connectivity index (χ0) is 18.9. The first-order chi connectivity index (χ1) is 12.3. The molecule has 1 amide bonds. The van der Waals surface area contributed by atoms with Gasteiger partial charge in [-0.15, -0.1) is 11.3 Å². The molecule has 1 aliphatic carbocycles. The van der Waals surface area contributed by atoms with E-state index in [0.717, 1.165) is 18.5 Å². The van der Waals surface area contributed by atoms with Gasteiger partial charge in [-0.3, -0.25) is 9.52 Å². The average Bonchev–Trinajstić information content (AvgIpc) is 3.35. The molecule has 1 aliphatic rings. The van der Waals surface area contributed by atoms with Crippen molar-refractivity contribution in [2.75, 3.05) is 18.3 Å². The minimum atomic E-state index is -3.75. The number of sulfonamides is 1. The van der Waals surface area contributed by atoms with Crippen molar-refractivity contribution in [1.29, 1.82) is 0 Å². The van der Waals surface area contributed by atoms with Crippen LogP contribution in [0.3, 0.4) is 0 Å². The molecule has 1 heterocycles. The Balaban J connectivity index is 1.64. The van der Waals surface area contributed by atoms with E-state index in [1.807, 2.05) is 0 Å². The van der Waals surface area contributed by atoms with Gasteiger partial charge in [-0.2, -0.15) is 0 Å². The van der Waals surface area contributed by atoms with Crippen molar-refractivity contribution in [3.8, 4) is 0 Å². The highest BCUT2D eigenvalue weighted by Gasteiger charge is 2.31. The molecule has 140 valence electrons.